The Morgan fingerprint density at radius 3 is 2.77 bits per heavy atom. The molecule has 1 saturated heterocycles. The molecule has 3 heterocycles. The van der Waals surface area contributed by atoms with E-state index in [2.05, 4.69) is 32.1 Å². The third-order valence-corrected chi connectivity index (χ3v) is 6.14. The summed E-state index contributed by atoms with van der Waals surface area (Å²) in [7, 11) is 0. The van der Waals surface area contributed by atoms with Crippen molar-refractivity contribution in [3.8, 4) is 11.6 Å². The molecule has 0 bridgehead atoms. The lowest BCUT2D eigenvalue weighted by molar-refractivity contribution is -0.128. The van der Waals surface area contributed by atoms with Crippen LogP contribution >= 0.6 is 0 Å². The van der Waals surface area contributed by atoms with Gasteiger partial charge >= 0.3 is 0 Å². The van der Waals surface area contributed by atoms with Crippen LogP contribution in [0.4, 0.5) is 0 Å². The van der Waals surface area contributed by atoms with Gasteiger partial charge in [-0.25, -0.2) is 4.98 Å². The van der Waals surface area contributed by atoms with Gasteiger partial charge in [-0.3, -0.25) is 14.6 Å². The van der Waals surface area contributed by atoms with Gasteiger partial charge in [-0.15, -0.1) is 16.8 Å². The first kappa shape index (κ1) is 21.1. The molecule has 0 aromatic carbocycles. The van der Waals surface area contributed by atoms with Crippen molar-refractivity contribution in [1.29, 1.82) is 0 Å². The first-order valence-corrected chi connectivity index (χ1v) is 10.8. The molecule has 9 heteroatoms. The summed E-state index contributed by atoms with van der Waals surface area (Å²) in [5.41, 5.74) is 1.42. The molecule has 1 N–H and O–H groups in total. The number of hydrogen-bond acceptors (Lipinski definition) is 7. The molecule has 0 unspecified atom stereocenters. The molecule has 31 heavy (non-hydrogen) atoms. The Kier molecular flexibility index (Phi) is 6.39. The van der Waals surface area contributed by atoms with Crippen LogP contribution in [0.1, 0.15) is 49.6 Å². The molecular weight excluding hydrogens is 396 g/mol. The van der Waals surface area contributed by atoms with Gasteiger partial charge in [-0.2, -0.15) is 0 Å². The first-order chi connectivity index (χ1) is 15.0. The molecule has 2 amide bonds. The van der Waals surface area contributed by atoms with E-state index in [1.165, 1.54) is 0 Å². The fraction of sp³-hybridized carbons (Fsp3) is 0.545. The predicted octanol–water partition coefficient (Wildman–Crippen LogP) is 2.26. The van der Waals surface area contributed by atoms with Crippen molar-refractivity contribution in [2.45, 2.75) is 44.9 Å². The Bertz CT molecular complexity index is 933. The van der Waals surface area contributed by atoms with Crippen LogP contribution in [0.3, 0.4) is 0 Å². The highest BCUT2D eigenvalue weighted by molar-refractivity contribution is 5.89. The Hall–Kier alpha value is -3.10. The lowest BCUT2D eigenvalue weighted by Crippen LogP contribution is -2.36. The summed E-state index contributed by atoms with van der Waals surface area (Å²) in [4.78, 5) is 34.6. The molecule has 1 saturated carbocycles. The predicted molar refractivity (Wildman–Crippen MR) is 113 cm³/mol. The van der Waals surface area contributed by atoms with Crippen LogP contribution in [0.2, 0.25) is 0 Å². The monoisotopic (exact) mass is 424 g/mol. The second-order valence-electron chi connectivity index (χ2n) is 8.44. The normalized spacial score (nSPS) is 23.7. The standard InChI is InChI=1S/C22H28N6O3/c1-3-8-28-13-17(9-19(28)29)20(30)25-11-15-4-6-16(7-5-15)21-26-27-22(31-21)18-12-23-14(2)10-24-18/h3,10,12,15-17H,1,4-9,11,13H2,2H3,(H,25,30)/t15?,16?,17-/m0/s1. The van der Waals surface area contributed by atoms with E-state index >= 15 is 0 Å². The van der Waals surface area contributed by atoms with Crippen LogP contribution in [0, 0.1) is 18.8 Å². The molecular formula is C22H28N6O3. The molecule has 4 rings (SSSR count). The van der Waals surface area contributed by atoms with Gasteiger partial charge < -0.3 is 14.6 Å². The summed E-state index contributed by atoms with van der Waals surface area (Å²) < 4.78 is 5.85. The van der Waals surface area contributed by atoms with Crippen molar-refractivity contribution in [3.63, 3.8) is 0 Å². The van der Waals surface area contributed by atoms with Crippen molar-refractivity contribution < 1.29 is 14.0 Å². The summed E-state index contributed by atoms with van der Waals surface area (Å²) in [6, 6.07) is 0. The van der Waals surface area contributed by atoms with E-state index in [0.29, 0.717) is 43.0 Å². The highest BCUT2D eigenvalue weighted by Gasteiger charge is 2.34. The van der Waals surface area contributed by atoms with E-state index in [1.54, 1.807) is 23.4 Å². The van der Waals surface area contributed by atoms with Crippen molar-refractivity contribution in [1.82, 2.24) is 30.4 Å². The first-order valence-electron chi connectivity index (χ1n) is 10.8. The van der Waals surface area contributed by atoms with E-state index in [0.717, 1.165) is 31.4 Å². The minimum Gasteiger partial charge on any atom is -0.419 e. The van der Waals surface area contributed by atoms with Gasteiger partial charge in [-0.1, -0.05) is 6.08 Å². The number of aromatic nitrogens is 4. The van der Waals surface area contributed by atoms with Gasteiger partial charge in [0.2, 0.25) is 17.7 Å². The molecule has 9 nitrogen and oxygen atoms in total. The van der Waals surface area contributed by atoms with Crippen molar-refractivity contribution >= 4 is 11.8 Å². The van der Waals surface area contributed by atoms with Gasteiger partial charge in [0.15, 0.2) is 0 Å². The molecule has 1 aliphatic carbocycles. The zero-order chi connectivity index (χ0) is 21.8. The number of rotatable bonds is 7. The van der Waals surface area contributed by atoms with Crippen LogP contribution < -0.4 is 5.32 Å². The second-order valence-corrected chi connectivity index (χ2v) is 8.44. The summed E-state index contributed by atoms with van der Waals surface area (Å²) in [5, 5.41) is 11.4. The van der Waals surface area contributed by atoms with Gasteiger partial charge in [0, 0.05) is 38.2 Å². The highest BCUT2D eigenvalue weighted by atomic mass is 16.4. The quantitative estimate of drug-likeness (QED) is 0.678. The molecule has 1 atom stereocenters. The van der Waals surface area contributed by atoms with Crippen LogP contribution in [0.15, 0.2) is 29.5 Å². The Morgan fingerprint density at radius 2 is 2.06 bits per heavy atom. The molecule has 2 fully saturated rings. The number of carbonyl (C=O) groups is 2. The minimum absolute atomic E-state index is 0.0242. The smallest absolute Gasteiger partial charge is 0.267 e. The number of hydrogen-bond donors (Lipinski definition) is 1. The minimum atomic E-state index is -0.259. The lowest BCUT2D eigenvalue weighted by Gasteiger charge is -2.27. The number of nitrogens with zero attached hydrogens (tertiary/aromatic N) is 5. The molecule has 0 radical (unpaired) electrons. The van der Waals surface area contributed by atoms with E-state index in [4.69, 9.17) is 4.42 Å². The largest absolute Gasteiger partial charge is 0.419 e. The van der Waals surface area contributed by atoms with Gasteiger partial charge in [-0.05, 0) is 38.5 Å². The Morgan fingerprint density at radius 1 is 1.26 bits per heavy atom. The third-order valence-electron chi connectivity index (χ3n) is 6.14. The van der Waals surface area contributed by atoms with Crippen LogP contribution in [-0.2, 0) is 9.59 Å². The van der Waals surface area contributed by atoms with Crippen LogP contribution in [0.5, 0.6) is 0 Å². The number of amides is 2. The van der Waals surface area contributed by atoms with Gasteiger partial charge in [0.1, 0.15) is 5.69 Å². The van der Waals surface area contributed by atoms with Crippen molar-refractivity contribution in [3.05, 3.63) is 36.6 Å². The lowest BCUT2D eigenvalue weighted by atomic mass is 9.82. The third kappa shape index (κ3) is 4.98. The summed E-state index contributed by atoms with van der Waals surface area (Å²) in [5.74, 6) is 1.43. The number of aryl methyl sites for hydroxylation is 1. The molecule has 164 valence electrons. The molecule has 1 aliphatic heterocycles. The van der Waals surface area contributed by atoms with Gasteiger partial charge in [0.25, 0.3) is 5.89 Å². The summed E-state index contributed by atoms with van der Waals surface area (Å²) in [6.07, 6.45) is 9.15. The number of likely N-dealkylation sites (tertiary alicyclic amines) is 1. The van der Waals surface area contributed by atoms with E-state index in [-0.39, 0.29) is 30.1 Å². The average molecular weight is 425 g/mol. The molecule has 2 aromatic rings. The summed E-state index contributed by atoms with van der Waals surface area (Å²) >= 11 is 0. The van der Waals surface area contributed by atoms with Gasteiger partial charge in [0.05, 0.1) is 17.8 Å². The molecule has 0 spiro atoms. The topological polar surface area (TPSA) is 114 Å². The SMILES string of the molecule is C=CCN1C[C@@H](C(=O)NCC2CCC(c3nnc(-c4cnc(C)cn4)o3)CC2)CC1=O. The highest BCUT2D eigenvalue weighted by Crippen LogP contribution is 2.35. The van der Waals surface area contributed by atoms with E-state index in [1.807, 2.05) is 6.92 Å². The maximum Gasteiger partial charge on any atom is 0.267 e. The Balaban J connectivity index is 1.23. The average Bonchev–Trinajstić information content (AvgIpc) is 3.41. The zero-order valence-electron chi connectivity index (χ0n) is 17.8. The van der Waals surface area contributed by atoms with Crippen LogP contribution in [0.25, 0.3) is 11.6 Å². The second kappa shape index (κ2) is 9.36. The number of carbonyl (C=O) groups excluding carboxylic acids is 2. The maximum absolute atomic E-state index is 12.5. The number of nitrogens with one attached hydrogen (secondary N) is 1. The molecule has 2 aromatic heterocycles. The van der Waals surface area contributed by atoms with Crippen LogP contribution in [-0.4, -0.2) is 56.5 Å². The fourth-order valence-electron chi connectivity index (χ4n) is 4.29. The van der Waals surface area contributed by atoms with Crippen molar-refractivity contribution in [2.24, 2.45) is 11.8 Å². The van der Waals surface area contributed by atoms with Crippen molar-refractivity contribution in [2.75, 3.05) is 19.6 Å². The maximum atomic E-state index is 12.5. The van der Waals surface area contributed by atoms with E-state index in [9.17, 15) is 9.59 Å². The fourth-order valence-corrected chi connectivity index (χ4v) is 4.29. The van der Waals surface area contributed by atoms with E-state index < -0.39 is 0 Å². The summed E-state index contributed by atoms with van der Waals surface area (Å²) in [6.45, 7) is 7.16. The zero-order valence-corrected chi connectivity index (χ0v) is 17.8. The molecule has 2 aliphatic rings. The Labute approximate surface area is 181 Å².